The summed E-state index contributed by atoms with van der Waals surface area (Å²) in [4.78, 5) is 48.8. The molecule has 5 aliphatic rings. The highest BCUT2D eigenvalue weighted by molar-refractivity contribution is 6.13. The van der Waals surface area contributed by atoms with Gasteiger partial charge in [-0.15, -0.1) is 0 Å². The summed E-state index contributed by atoms with van der Waals surface area (Å²) in [6, 6.07) is 0. The monoisotopic (exact) mass is 444 g/mol. The standard InChI is InChI=1S/C24H32N2O6/c27-19-3-4-20(28)25(19)13-1-15-31-17-23-7-10-24(11-8-23,12-9-23)18-32-16-2-14-26-21(29)5-6-22(26)30/h3-6H,1-2,7-18H2. The van der Waals surface area contributed by atoms with Crippen molar-refractivity contribution in [1.82, 2.24) is 9.80 Å². The van der Waals surface area contributed by atoms with Gasteiger partial charge in [0.1, 0.15) is 0 Å². The highest BCUT2D eigenvalue weighted by Crippen LogP contribution is 2.57. The molecule has 3 saturated carbocycles. The molecule has 5 rings (SSSR count). The Morgan fingerprint density at radius 1 is 0.594 bits per heavy atom. The second kappa shape index (κ2) is 9.67. The van der Waals surface area contributed by atoms with Gasteiger partial charge in [0.05, 0.1) is 13.2 Å². The van der Waals surface area contributed by atoms with E-state index < -0.39 is 0 Å². The molecule has 0 N–H and O–H groups in total. The van der Waals surface area contributed by atoms with Crippen LogP contribution in [0.2, 0.25) is 0 Å². The third-order valence-corrected chi connectivity index (χ3v) is 7.52. The number of rotatable bonds is 12. The lowest BCUT2D eigenvalue weighted by Gasteiger charge is -2.53. The Labute approximate surface area is 188 Å². The molecule has 0 aromatic rings. The maximum atomic E-state index is 11.6. The van der Waals surface area contributed by atoms with Crippen molar-refractivity contribution in [3.63, 3.8) is 0 Å². The van der Waals surface area contributed by atoms with Gasteiger partial charge in [0.15, 0.2) is 0 Å². The van der Waals surface area contributed by atoms with E-state index in [-0.39, 0.29) is 34.5 Å². The molecule has 3 fully saturated rings. The first-order valence-electron chi connectivity index (χ1n) is 11.6. The summed E-state index contributed by atoms with van der Waals surface area (Å²) in [6.45, 7) is 3.44. The highest BCUT2D eigenvalue weighted by atomic mass is 16.5. The molecule has 2 aliphatic heterocycles. The van der Waals surface area contributed by atoms with Crippen LogP contribution >= 0.6 is 0 Å². The number of ether oxygens (including phenoxy) is 2. The van der Waals surface area contributed by atoms with Gasteiger partial charge in [0.2, 0.25) is 0 Å². The topological polar surface area (TPSA) is 93.2 Å². The molecule has 0 unspecified atom stereocenters. The van der Waals surface area contributed by atoms with Gasteiger partial charge in [-0.3, -0.25) is 29.0 Å². The van der Waals surface area contributed by atoms with Crippen molar-refractivity contribution >= 4 is 23.6 Å². The Balaban J connectivity index is 1.09. The Hall–Kier alpha value is -2.32. The fourth-order valence-corrected chi connectivity index (χ4v) is 5.30. The third kappa shape index (κ3) is 5.02. The van der Waals surface area contributed by atoms with Gasteiger partial charge in [-0.25, -0.2) is 0 Å². The number of imide groups is 2. The number of hydrogen-bond donors (Lipinski definition) is 0. The zero-order valence-corrected chi connectivity index (χ0v) is 18.6. The summed E-state index contributed by atoms with van der Waals surface area (Å²) in [5.74, 6) is -0.938. The SMILES string of the molecule is O=C1C=CC(=O)N1CCCOCC12CCC(COCCCN3C(=O)C=CC3=O)(CC1)CC2. The van der Waals surface area contributed by atoms with Crippen LogP contribution < -0.4 is 0 Å². The van der Waals surface area contributed by atoms with E-state index in [9.17, 15) is 19.2 Å². The van der Waals surface area contributed by atoms with Crippen LogP contribution in [-0.4, -0.2) is 72.9 Å². The second-order valence-electron chi connectivity index (χ2n) is 9.64. The fraction of sp³-hybridized carbons (Fsp3) is 0.667. The lowest BCUT2D eigenvalue weighted by Crippen LogP contribution is -2.46. The van der Waals surface area contributed by atoms with Gasteiger partial charge >= 0.3 is 0 Å². The van der Waals surface area contributed by atoms with Crippen LogP contribution in [0, 0.1) is 10.8 Å². The predicted molar refractivity (Wildman–Crippen MR) is 115 cm³/mol. The zero-order valence-electron chi connectivity index (χ0n) is 18.6. The Morgan fingerprint density at radius 3 is 1.22 bits per heavy atom. The molecule has 3 aliphatic carbocycles. The molecular formula is C24H32N2O6. The van der Waals surface area contributed by atoms with Crippen molar-refractivity contribution < 1.29 is 28.7 Å². The smallest absolute Gasteiger partial charge is 0.253 e. The third-order valence-electron chi connectivity index (χ3n) is 7.52. The maximum absolute atomic E-state index is 11.6. The van der Waals surface area contributed by atoms with E-state index in [1.165, 1.54) is 34.1 Å². The van der Waals surface area contributed by atoms with Crippen molar-refractivity contribution in [1.29, 1.82) is 0 Å². The fourth-order valence-electron chi connectivity index (χ4n) is 5.30. The van der Waals surface area contributed by atoms with Gasteiger partial charge < -0.3 is 9.47 Å². The largest absolute Gasteiger partial charge is 0.381 e. The summed E-state index contributed by atoms with van der Waals surface area (Å²) < 4.78 is 11.9. The molecule has 32 heavy (non-hydrogen) atoms. The van der Waals surface area contributed by atoms with E-state index in [1.807, 2.05) is 0 Å². The molecule has 8 nitrogen and oxygen atoms in total. The van der Waals surface area contributed by atoms with E-state index >= 15 is 0 Å². The molecule has 0 aromatic carbocycles. The quantitative estimate of drug-likeness (QED) is 0.338. The summed E-state index contributed by atoms with van der Waals surface area (Å²) in [6.07, 6.45) is 13.5. The second-order valence-corrected chi connectivity index (χ2v) is 9.64. The number of fused-ring (bicyclic) bond motifs is 3. The molecule has 174 valence electrons. The minimum Gasteiger partial charge on any atom is -0.381 e. The highest BCUT2D eigenvalue weighted by Gasteiger charge is 2.48. The van der Waals surface area contributed by atoms with Crippen molar-refractivity contribution in [2.24, 2.45) is 10.8 Å². The first kappa shape index (κ1) is 22.9. The van der Waals surface area contributed by atoms with Gasteiger partial charge in [-0.05, 0) is 62.2 Å². The van der Waals surface area contributed by atoms with Crippen molar-refractivity contribution in [2.45, 2.75) is 51.4 Å². The predicted octanol–water partition coefficient (Wildman–Crippen LogP) is 1.99. The molecular weight excluding hydrogens is 412 g/mol. The van der Waals surface area contributed by atoms with Crippen molar-refractivity contribution in [3.05, 3.63) is 24.3 Å². The van der Waals surface area contributed by atoms with Crippen LogP contribution in [-0.2, 0) is 28.7 Å². The van der Waals surface area contributed by atoms with Crippen LogP contribution in [0.5, 0.6) is 0 Å². The van der Waals surface area contributed by atoms with Gasteiger partial charge in [-0.2, -0.15) is 0 Å². The van der Waals surface area contributed by atoms with E-state index in [4.69, 9.17) is 9.47 Å². The molecule has 2 heterocycles. The number of hydrogen-bond acceptors (Lipinski definition) is 6. The number of carbonyl (C=O) groups excluding carboxylic acids is 4. The van der Waals surface area contributed by atoms with Crippen LogP contribution in [0.15, 0.2) is 24.3 Å². The van der Waals surface area contributed by atoms with Gasteiger partial charge in [0.25, 0.3) is 23.6 Å². The Bertz CT molecular complexity index is 704. The number of nitrogens with zero attached hydrogens (tertiary/aromatic N) is 2. The summed E-state index contributed by atoms with van der Waals surface area (Å²) in [5, 5.41) is 0. The number of carbonyl (C=O) groups is 4. The molecule has 8 heteroatoms. The first-order valence-corrected chi connectivity index (χ1v) is 11.6. The van der Waals surface area contributed by atoms with E-state index in [1.54, 1.807) is 0 Å². The van der Waals surface area contributed by atoms with Crippen LogP contribution in [0.4, 0.5) is 0 Å². The molecule has 0 spiro atoms. The average Bonchev–Trinajstić information content (AvgIpc) is 3.30. The minimum absolute atomic E-state index is 0.234. The summed E-state index contributed by atoms with van der Waals surface area (Å²) >= 11 is 0. The summed E-state index contributed by atoms with van der Waals surface area (Å²) in [7, 11) is 0. The molecule has 0 radical (unpaired) electrons. The molecule has 0 saturated heterocycles. The maximum Gasteiger partial charge on any atom is 0.253 e. The van der Waals surface area contributed by atoms with Gasteiger partial charge in [-0.1, -0.05) is 0 Å². The normalized spacial score (nSPS) is 29.2. The lowest BCUT2D eigenvalue weighted by atomic mass is 9.54. The summed E-state index contributed by atoms with van der Waals surface area (Å²) in [5.41, 5.74) is 0.512. The van der Waals surface area contributed by atoms with Crippen LogP contribution in [0.25, 0.3) is 0 Å². The Kier molecular flexibility index (Phi) is 6.90. The van der Waals surface area contributed by atoms with Crippen molar-refractivity contribution in [3.8, 4) is 0 Å². The molecule has 0 aromatic heterocycles. The zero-order chi connectivity index (χ0) is 22.6. The van der Waals surface area contributed by atoms with E-state index in [0.717, 1.165) is 51.7 Å². The molecule has 0 atom stereocenters. The van der Waals surface area contributed by atoms with E-state index in [2.05, 4.69) is 0 Å². The molecule has 4 amide bonds. The minimum atomic E-state index is -0.234. The Morgan fingerprint density at radius 2 is 0.906 bits per heavy atom. The van der Waals surface area contributed by atoms with Crippen molar-refractivity contribution in [2.75, 3.05) is 39.5 Å². The average molecular weight is 445 g/mol. The first-order chi connectivity index (χ1) is 15.4. The van der Waals surface area contributed by atoms with Crippen LogP contribution in [0.1, 0.15) is 51.4 Å². The van der Waals surface area contributed by atoms with Gasteiger partial charge in [0, 0.05) is 50.6 Å². The molecule has 2 bridgehead atoms. The van der Waals surface area contributed by atoms with Crippen LogP contribution in [0.3, 0.4) is 0 Å². The van der Waals surface area contributed by atoms with E-state index in [0.29, 0.717) is 39.1 Å². The number of amides is 4. The lowest BCUT2D eigenvalue weighted by molar-refractivity contribution is -0.138.